The average molecular weight is 479 g/mol. The van der Waals surface area contributed by atoms with Crippen LogP contribution in [0.3, 0.4) is 0 Å². The number of halogens is 1. The molecule has 7 heteroatoms. The van der Waals surface area contributed by atoms with Gasteiger partial charge in [-0.2, -0.15) is 11.8 Å². The molecule has 0 aromatic heterocycles. The molecule has 0 aromatic rings. The summed E-state index contributed by atoms with van der Waals surface area (Å²) in [6.07, 6.45) is 7.07. The minimum Gasteiger partial charge on any atom is -0.355 e. The van der Waals surface area contributed by atoms with E-state index in [1.165, 1.54) is 77.1 Å². The van der Waals surface area contributed by atoms with Gasteiger partial charge in [-0.05, 0) is 12.8 Å². The van der Waals surface area contributed by atoms with Crippen molar-refractivity contribution in [3.8, 4) is 0 Å². The molecule has 1 unspecified atom stereocenters. The van der Waals surface area contributed by atoms with E-state index in [1.807, 2.05) is 7.05 Å². The van der Waals surface area contributed by atoms with E-state index in [0.29, 0.717) is 10.8 Å². The van der Waals surface area contributed by atoms with E-state index < -0.39 is 0 Å². The van der Waals surface area contributed by atoms with Crippen LogP contribution < -0.4 is 5.32 Å². The van der Waals surface area contributed by atoms with Crippen LogP contribution in [0.5, 0.6) is 0 Å². The van der Waals surface area contributed by atoms with Crippen molar-refractivity contribution >= 4 is 41.7 Å². The molecule has 5 aliphatic rings. The maximum atomic E-state index is 4.63. The molecule has 1 aliphatic carbocycles. The molecule has 1 atom stereocenters. The molecule has 1 spiro atoms. The van der Waals surface area contributed by atoms with Crippen LogP contribution in [-0.2, 0) is 0 Å². The Morgan fingerprint density at radius 2 is 1.88 bits per heavy atom. The van der Waals surface area contributed by atoms with Gasteiger partial charge < -0.3 is 10.2 Å². The van der Waals surface area contributed by atoms with Crippen LogP contribution in [0, 0.1) is 0 Å². The number of guanidine groups is 1. The molecule has 2 bridgehead atoms. The molecule has 0 aromatic carbocycles. The van der Waals surface area contributed by atoms with Gasteiger partial charge in [-0.15, -0.1) is 24.0 Å². The Kier molecular flexibility index (Phi) is 7.18. The van der Waals surface area contributed by atoms with E-state index in [4.69, 9.17) is 0 Å². The topological polar surface area (TPSA) is 34.1 Å². The number of hydrogen-bond acceptors (Lipinski definition) is 4. The van der Waals surface area contributed by atoms with Gasteiger partial charge >= 0.3 is 0 Å². The maximum Gasteiger partial charge on any atom is 0.193 e. The summed E-state index contributed by atoms with van der Waals surface area (Å²) >= 11 is 2.23. The highest BCUT2D eigenvalue weighted by Gasteiger charge is 2.38. The summed E-state index contributed by atoms with van der Waals surface area (Å²) in [6.45, 7) is 9.62. The minimum atomic E-state index is 0. The second-order valence-corrected chi connectivity index (χ2v) is 9.50. The van der Waals surface area contributed by atoms with Crippen molar-refractivity contribution < 1.29 is 0 Å². The Balaban J connectivity index is 0.00000182. The lowest BCUT2D eigenvalue weighted by atomic mass is 9.87. The van der Waals surface area contributed by atoms with Crippen molar-refractivity contribution in [3.63, 3.8) is 0 Å². The van der Waals surface area contributed by atoms with Crippen LogP contribution in [-0.4, -0.2) is 96.6 Å². The third kappa shape index (κ3) is 4.58. The number of piperazine rings is 3. The summed E-state index contributed by atoms with van der Waals surface area (Å²) in [5.74, 6) is 2.39. The van der Waals surface area contributed by atoms with E-state index in [0.717, 1.165) is 19.0 Å². The quantitative estimate of drug-likeness (QED) is 0.372. The molecule has 4 saturated heterocycles. The standard InChI is InChI=1S/C18H33N5S.HI/c1-19-17(20-13-16-14-21-7-9-22(16)10-8-21)23-11-12-24-18(15-23)5-3-2-4-6-18;/h16H,2-15H2,1H3,(H,19,20);1H. The summed E-state index contributed by atoms with van der Waals surface area (Å²) in [6, 6.07) is 0.659. The van der Waals surface area contributed by atoms with Gasteiger partial charge in [0.05, 0.1) is 0 Å². The molecule has 25 heavy (non-hydrogen) atoms. The predicted octanol–water partition coefficient (Wildman–Crippen LogP) is 1.93. The third-order valence-electron chi connectivity index (χ3n) is 6.41. The van der Waals surface area contributed by atoms with Gasteiger partial charge in [-0.1, -0.05) is 19.3 Å². The SMILES string of the molecule is CN=C(NCC1CN2CCN1CC2)N1CCSC2(CCCCC2)C1.I. The molecule has 0 radical (unpaired) electrons. The molecule has 4 aliphatic heterocycles. The van der Waals surface area contributed by atoms with Gasteiger partial charge in [0.1, 0.15) is 0 Å². The lowest BCUT2D eigenvalue weighted by Gasteiger charge is -2.48. The van der Waals surface area contributed by atoms with Crippen LogP contribution >= 0.6 is 35.7 Å². The van der Waals surface area contributed by atoms with Crippen molar-refractivity contribution in [2.45, 2.75) is 42.9 Å². The highest BCUT2D eigenvalue weighted by molar-refractivity contribution is 14.0. The predicted molar refractivity (Wildman–Crippen MR) is 118 cm³/mol. The van der Waals surface area contributed by atoms with Gasteiger partial charge in [0.25, 0.3) is 0 Å². The third-order valence-corrected chi connectivity index (χ3v) is 7.95. The van der Waals surface area contributed by atoms with E-state index >= 15 is 0 Å². The molecule has 144 valence electrons. The molecular formula is C18H34IN5S. The van der Waals surface area contributed by atoms with Crippen molar-refractivity contribution in [2.75, 3.05) is 65.2 Å². The summed E-state index contributed by atoms with van der Waals surface area (Å²) < 4.78 is 0.507. The van der Waals surface area contributed by atoms with Crippen LogP contribution in [0.2, 0.25) is 0 Å². The molecule has 1 N–H and O–H groups in total. The van der Waals surface area contributed by atoms with E-state index in [2.05, 4.69) is 36.8 Å². The average Bonchev–Trinajstić information content (AvgIpc) is 2.64. The van der Waals surface area contributed by atoms with Crippen molar-refractivity contribution in [3.05, 3.63) is 0 Å². The van der Waals surface area contributed by atoms with Crippen LogP contribution in [0.15, 0.2) is 4.99 Å². The number of rotatable bonds is 2. The molecule has 0 amide bonds. The Hall–Kier alpha value is 0.270. The zero-order valence-electron chi connectivity index (χ0n) is 15.6. The van der Waals surface area contributed by atoms with Crippen LogP contribution in [0.4, 0.5) is 0 Å². The molecule has 4 heterocycles. The Morgan fingerprint density at radius 1 is 1.12 bits per heavy atom. The molecule has 1 saturated carbocycles. The fourth-order valence-electron chi connectivity index (χ4n) is 4.98. The second-order valence-electron chi connectivity index (χ2n) is 7.93. The lowest BCUT2D eigenvalue weighted by molar-refractivity contribution is 0.0152. The van der Waals surface area contributed by atoms with Gasteiger partial charge in [0.15, 0.2) is 5.96 Å². The first kappa shape index (κ1) is 20.0. The number of aliphatic imine (C=N–C) groups is 1. The number of fused-ring (bicyclic) bond motifs is 3. The summed E-state index contributed by atoms with van der Waals surface area (Å²) in [5.41, 5.74) is 0. The lowest BCUT2D eigenvalue weighted by Crippen LogP contribution is -2.64. The fourth-order valence-corrected chi connectivity index (χ4v) is 6.55. The van der Waals surface area contributed by atoms with Gasteiger partial charge in [0.2, 0.25) is 0 Å². The zero-order chi connectivity index (χ0) is 16.4. The number of hydrogen-bond donors (Lipinski definition) is 1. The summed E-state index contributed by atoms with van der Waals surface area (Å²) in [5, 5.41) is 3.71. The Bertz CT molecular complexity index is 455. The van der Waals surface area contributed by atoms with Crippen LogP contribution in [0.25, 0.3) is 0 Å². The summed E-state index contributed by atoms with van der Waals surface area (Å²) in [4.78, 5) is 12.4. The summed E-state index contributed by atoms with van der Waals surface area (Å²) in [7, 11) is 1.95. The normalized spacial score (nSPS) is 34.7. The Morgan fingerprint density at radius 3 is 2.52 bits per heavy atom. The number of thioether (sulfide) groups is 1. The van der Waals surface area contributed by atoms with Crippen molar-refractivity contribution in [1.29, 1.82) is 0 Å². The first-order chi connectivity index (χ1) is 11.8. The number of nitrogens with one attached hydrogen (secondary N) is 1. The van der Waals surface area contributed by atoms with E-state index in [9.17, 15) is 0 Å². The molecule has 5 rings (SSSR count). The van der Waals surface area contributed by atoms with Crippen LogP contribution in [0.1, 0.15) is 32.1 Å². The highest BCUT2D eigenvalue weighted by Crippen LogP contribution is 2.42. The smallest absolute Gasteiger partial charge is 0.193 e. The highest BCUT2D eigenvalue weighted by atomic mass is 127. The molecule has 5 nitrogen and oxygen atoms in total. The van der Waals surface area contributed by atoms with Crippen molar-refractivity contribution in [1.82, 2.24) is 20.0 Å². The minimum absolute atomic E-state index is 0. The van der Waals surface area contributed by atoms with Gasteiger partial charge in [-0.25, -0.2) is 0 Å². The van der Waals surface area contributed by atoms with Gasteiger partial charge in [-0.3, -0.25) is 14.8 Å². The largest absolute Gasteiger partial charge is 0.355 e. The zero-order valence-corrected chi connectivity index (χ0v) is 18.7. The van der Waals surface area contributed by atoms with E-state index in [1.54, 1.807) is 0 Å². The fraction of sp³-hybridized carbons (Fsp3) is 0.944. The Labute approximate surface area is 174 Å². The molecule has 5 fully saturated rings. The van der Waals surface area contributed by atoms with Crippen molar-refractivity contribution in [2.24, 2.45) is 4.99 Å². The first-order valence-corrected chi connectivity index (χ1v) is 10.8. The second kappa shape index (κ2) is 8.97. The van der Waals surface area contributed by atoms with E-state index in [-0.39, 0.29) is 24.0 Å². The number of nitrogens with zero attached hydrogens (tertiary/aromatic N) is 4. The molecular weight excluding hydrogens is 445 g/mol. The maximum absolute atomic E-state index is 4.63. The monoisotopic (exact) mass is 479 g/mol. The first-order valence-electron chi connectivity index (χ1n) is 9.84. The van der Waals surface area contributed by atoms with Gasteiger partial charge in [0, 0.05) is 75.9 Å².